The van der Waals surface area contributed by atoms with Gasteiger partial charge in [0.2, 0.25) is 11.9 Å². The van der Waals surface area contributed by atoms with Gasteiger partial charge in [0.05, 0.1) is 30.0 Å². The van der Waals surface area contributed by atoms with E-state index in [0.717, 1.165) is 10.7 Å². The number of nitrogens with one attached hydrogen (secondary N) is 1. The Hall–Kier alpha value is -3.82. The summed E-state index contributed by atoms with van der Waals surface area (Å²) < 4.78 is 35.3. The predicted octanol–water partition coefficient (Wildman–Crippen LogP) is 2.67. The number of ether oxygens (including phenoxy) is 1. The molecule has 2 amide bonds. The van der Waals surface area contributed by atoms with Gasteiger partial charge in [-0.2, -0.15) is 4.39 Å². The second-order valence-electron chi connectivity index (χ2n) is 6.68. The Morgan fingerprint density at radius 1 is 1.30 bits per heavy atom. The number of hydrogen-bond donors (Lipinski definition) is 1. The minimum absolute atomic E-state index is 0.0159. The maximum Gasteiger partial charge on any atom is 0.414 e. The number of carbonyl (C=O) groups excluding carboxylic acids is 2. The van der Waals surface area contributed by atoms with E-state index in [1.807, 2.05) is 0 Å². The number of halogens is 2. The number of hydrogen-bond acceptors (Lipinski definition) is 5. The van der Waals surface area contributed by atoms with E-state index in [9.17, 15) is 18.4 Å². The summed E-state index contributed by atoms with van der Waals surface area (Å²) in [6.07, 6.45) is 1.70. The fourth-order valence-corrected chi connectivity index (χ4v) is 3.12. The van der Waals surface area contributed by atoms with Gasteiger partial charge in [0.1, 0.15) is 11.8 Å². The average Bonchev–Trinajstić information content (AvgIpc) is 3.29. The molecule has 0 unspecified atom stereocenters. The standard InChI is InChI=1S/C20H17F2N5O3/c1-12(28)24-9-14-10-26(20(29)30-14)13-5-6-18(16(21)8-13)27-11-15(19(22)25-27)17-4-2-3-7-23-17/h2-8,11,14H,9-10H2,1H3,(H,24,28)/t14-/m0/s1. The van der Waals surface area contributed by atoms with Crippen molar-refractivity contribution < 1.29 is 23.1 Å². The lowest BCUT2D eigenvalue weighted by molar-refractivity contribution is -0.119. The van der Waals surface area contributed by atoms with Crippen LogP contribution < -0.4 is 10.2 Å². The number of aromatic nitrogens is 3. The van der Waals surface area contributed by atoms with E-state index in [-0.39, 0.29) is 35.9 Å². The minimum atomic E-state index is -0.777. The number of cyclic esters (lactones) is 1. The summed E-state index contributed by atoms with van der Waals surface area (Å²) in [5.41, 5.74) is 0.817. The summed E-state index contributed by atoms with van der Waals surface area (Å²) >= 11 is 0. The number of rotatable bonds is 5. The van der Waals surface area contributed by atoms with Gasteiger partial charge >= 0.3 is 6.09 Å². The molecule has 0 bridgehead atoms. The molecule has 0 aliphatic carbocycles. The normalized spacial score (nSPS) is 15.9. The highest BCUT2D eigenvalue weighted by Crippen LogP contribution is 2.27. The summed E-state index contributed by atoms with van der Waals surface area (Å²) in [6, 6.07) is 9.10. The van der Waals surface area contributed by atoms with Crippen molar-refractivity contribution in [1.82, 2.24) is 20.1 Å². The molecule has 1 atom stereocenters. The van der Waals surface area contributed by atoms with E-state index in [4.69, 9.17) is 4.74 Å². The Labute approximate surface area is 170 Å². The molecular weight excluding hydrogens is 396 g/mol. The molecular formula is C20H17F2N5O3. The Morgan fingerprint density at radius 3 is 2.83 bits per heavy atom. The number of nitrogens with zero attached hydrogens (tertiary/aromatic N) is 4. The molecule has 30 heavy (non-hydrogen) atoms. The van der Waals surface area contributed by atoms with E-state index in [1.165, 1.54) is 36.4 Å². The van der Waals surface area contributed by atoms with Crippen LogP contribution >= 0.6 is 0 Å². The summed E-state index contributed by atoms with van der Waals surface area (Å²) in [5, 5.41) is 6.31. The first-order valence-corrected chi connectivity index (χ1v) is 9.11. The van der Waals surface area contributed by atoms with Crippen molar-refractivity contribution in [1.29, 1.82) is 0 Å². The van der Waals surface area contributed by atoms with Gasteiger partial charge in [0.15, 0.2) is 5.82 Å². The maximum atomic E-state index is 14.8. The quantitative estimate of drug-likeness (QED) is 0.695. The van der Waals surface area contributed by atoms with Crippen molar-refractivity contribution in [2.75, 3.05) is 18.0 Å². The zero-order chi connectivity index (χ0) is 21.3. The van der Waals surface area contributed by atoms with Gasteiger partial charge in [-0.05, 0) is 30.3 Å². The Balaban J connectivity index is 1.56. The second-order valence-corrected chi connectivity index (χ2v) is 6.68. The molecule has 4 rings (SSSR count). The van der Waals surface area contributed by atoms with E-state index >= 15 is 0 Å². The smallest absolute Gasteiger partial charge is 0.414 e. The molecule has 2 aromatic heterocycles. The van der Waals surface area contributed by atoms with Crippen molar-refractivity contribution in [3.05, 3.63) is 60.6 Å². The van der Waals surface area contributed by atoms with E-state index in [0.29, 0.717) is 5.69 Å². The Bertz CT molecular complexity index is 1100. The van der Waals surface area contributed by atoms with Gasteiger partial charge in [0, 0.05) is 19.3 Å². The molecule has 0 saturated carbocycles. The summed E-state index contributed by atoms with van der Waals surface area (Å²) in [5.74, 6) is -1.71. The molecule has 1 saturated heterocycles. The van der Waals surface area contributed by atoms with Gasteiger partial charge in [-0.25, -0.2) is 13.9 Å². The first-order valence-electron chi connectivity index (χ1n) is 9.11. The molecule has 10 heteroatoms. The van der Waals surface area contributed by atoms with E-state index in [1.54, 1.807) is 18.2 Å². The van der Waals surface area contributed by atoms with Gasteiger partial charge in [0.25, 0.3) is 0 Å². The monoisotopic (exact) mass is 413 g/mol. The van der Waals surface area contributed by atoms with Crippen LogP contribution in [-0.4, -0.2) is 46.0 Å². The zero-order valence-corrected chi connectivity index (χ0v) is 15.9. The molecule has 1 aliphatic rings. The van der Waals surface area contributed by atoms with Crippen LogP contribution in [0.3, 0.4) is 0 Å². The Kier molecular flexibility index (Phi) is 5.13. The van der Waals surface area contributed by atoms with Crippen LogP contribution in [0, 0.1) is 11.8 Å². The molecule has 0 radical (unpaired) electrons. The number of anilines is 1. The minimum Gasteiger partial charge on any atom is -0.442 e. The molecule has 1 fully saturated rings. The fourth-order valence-electron chi connectivity index (χ4n) is 3.12. The van der Waals surface area contributed by atoms with E-state index < -0.39 is 24.0 Å². The van der Waals surface area contributed by atoms with Crippen molar-refractivity contribution in [3.63, 3.8) is 0 Å². The maximum absolute atomic E-state index is 14.8. The van der Waals surface area contributed by atoms with Crippen LogP contribution in [0.15, 0.2) is 48.8 Å². The molecule has 1 aromatic carbocycles. The summed E-state index contributed by atoms with van der Waals surface area (Å²) in [6.45, 7) is 1.69. The van der Waals surface area contributed by atoms with Crippen LogP contribution in [0.1, 0.15) is 6.92 Å². The molecule has 1 aliphatic heterocycles. The third-order valence-corrected chi connectivity index (χ3v) is 4.55. The highest BCUT2D eigenvalue weighted by atomic mass is 19.1. The van der Waals surface area contributed by atoms with Crippen molar-refractivity contribution in [3.8, 4) is 16.9 Å². The largest absolute Gasteiger partial charge is 0.442 e. The van der Waals surface area contributed by atoms with Crippen molar-refractivity contribution >= 4 is 17.7 Å². The highest BCUT2D eigenvalue weighted by molar-refractivity contribution is 5.90. The molecule has 1 N–H and O–H groups in total. The van der Waals surface area contributed by atoms with Gasteiger partial charge in [-0.15, -0.1) is 5.10 Å². The Morgan fingerprint density at radius 2 is 2.13 bits per heavy atom. The highest BCUT2D eigenvalue weighted by Gasteiger charge is 2.32. The number of carbonyl (C=O) groups is 2. The van der Waals surface area contributed by atoms with Gasteiger partial charge < -0.3 is 10.1 Å². The molecule has 3 aromatic rings. The topological polar surface area (TPSA) is 89.4 Å². The van der Waals surface area contributed by atoms with Crippen LogP contribution in [-0.2, 0) is 9.53 Å². The lowest BCUT2D eigenvalue weighted by Crippen LogP contribution is -2.33. The summed E-state index contributed by atoms with van der Waals surface area (Å²) in [4.78, 5) is 28.5. The van der Waals surface area contributed by atoms with Crippen molar-refractivity contribution in [2.45, 2.75) is 13.0 Å². The number of pyridine rings is 1. The number of benzene rings is 1. The molecule has 0 spiro atoms. The van der Waals surface area contributed by atoms with Crippen LogP contribution in [0.4, 0.5) is 19.3 Å². The lowest BCUT2D eigenvalue weighted by atomic mass is 10.2. The third-order valence-electron chi connectivity index (χ3n) is 4.55. The second kappa shape index (κ2) is 7.90. The summed E-state index contributed by atoms with van der Waals surface area (Å²) in [7, 11) is 0. The predicted molar refractivity (Wildman–Crippen MR) is 103 cm³/mol. The SMILES string of the molecule is CC(=O)NC[C@H]1CN(c2ccc(-n3cc(-c4ccccn4)c(F)n3)c(F)c2)C(=O)O1. The third kappa shape index (κ3) is 3.84. The van der Waals surface area contributed by atoms with Crippen LogP contribution in [0.5, 0.6) is 0 Å². The zero-order valence-electron chi connectivity index (χ0n) is 15.9. The first kappa shape index (κ1) is 19.5. The molecule has 154 valence electrons. The molecule has 3 heterocycles. The lowest BCUT2D eigenvalue weighted by Gasteiger charge is -2.14. The van der Waals surface area contributed by atoms with Gasteiger partial charge in [-0.1, -0.05) is 6.07 Å². The first-order chi connectivity index (χ1) is 14.4. The van der Waals surface area contributed by atoms with Crippen LogP contribution in [0.2, 0.25) is 0 Å². The fraction of sp³-hybridized carbons (Fsp3) is 0.200. The van der Waals surface area contributed by atoms with Crippen molar-refractivity contribution in [2.24, 2.45) is 0 Å². The average molecular weight is 413 g/mol. The van der Waals surface area contributed by atoms with Crippen LogP contribution in [0.25, 0.3) is 16.9 Å². The number of amides is 2. The van der Waals surface area contributed by atoms with Gasteiger partial charge in [-0.3, -0.25) is 14.7 Å². The molecule has 8 nitrogen and oxygen atoms in total. The van der Waals surface area contributed by atoms with E-state index in [2.05, 4.69) is 15.4 Å².